The lowest BCUT2D eigenvalue weighted by Gasteiger charge is -2.34. The molecule has 3 rings (SSSR count). The molecule has 0 aromatic heterocycles. The van der Waals surface area contributed by atoms with E-state index in [0.29, 0.717) is 5.92 Å². The van der Waals surface area contributed by atoms with Crippen molar-refractivity contribution >= 4 is 15.9 Å². The minimum atomic E-state index is -0.0952. The molecule has 102 valence electrons. The summed E-state index contributed by atoms with van der Waals surface area (Å²) in [5, 5.41) is 0. The average molecular weight is 324 g/mol. The van der Waals surface area contributed by atoms with Gasteiger partial charge in [0.05, 0.1) is 6.61 Å². The Labute approximate surface area is 122 Å². The Balaban J connectivity index is 1.48. The van der Waals surface area contributed by atoms with E-state index in [1.807, 2.05) is 30.3 Å². The highest BCUT2D eigenvalue weighted by molar-refractivity contribution is 9.11. The summed E-state index contributed by atoms with van der Waals surface area (Å²) in [7, 11) is 0. The largest absolute Gasteiger partial charge is 0.493 e. The van der Waals surface area contributed by atoms with Gasteiger partial charge in [0.1, 0.15) is 16.0 Å². The van der Waals surface area contributed by atoms with E-state index in [9.17, 15) is 0 Å². The average Bonchev–Trinajstić information content (AvgIpc) is 2.81. The fourth-order valence-electron chi connectivity index (χ4n) is 2.75. The SMILES string of the molecule is BrC1=CC2(CCC(COc3ccccc3)CC2)ON1. The molecule has 1 spiro atoms. The fourth-order valence-corrected chi connectivity index (χ4v) is 3.25. The molecule has 0 radical (unpaired) electrons. The van der Waals surface area contributed by atoms with E-state index in [2.05, 4.69) is 27.5 Å². The number of benzene rings is 1. The van der Waals surface area contributed by atoms with Gasteiger partial charge < -0.3 is 4.74 Å². The lowest BCUT2D eigenvalue weighted by atomic mass is 9.79. The second kappa shape index (κ2) is 5.55. The van der Waals surface area contributed by atoms with Crippen LogP contribution in [0.2, 0.25) is 0 Å². The van der Waals surface area contributed by atoms with Crippen LogP contribution in [0.1, 0.15) is 25.7 Å². The molecular weight excluding hydrogens is 306 g/mol. The fraction of sp³-hybridized carbons (Fsp3) is 0.467. The second-order valence-corrected chi connectivity index (χ2v) is 6.18. The summed E-state index contributed by atoms with van der Waals surface area (Å²) in [6.07, 6.45) is 6.55. The molecule has 1 fully saturated rings. The minimum absolute atomic E-state index is 0.0952. The van der Waals surface area contributed by atoms with Gasteiger partial charge >= 0.3 is 0 Å². The van der Waals surface area contributed by atoms with Crippen molar-refractivity contribution in [1.82, 2.24) is 5.48 Å². The van der Waals surface area contributed by atoms with Crippen molar-refractivity contribution in [3.63, 3.8) is 0 Å². The summed E-state index contributed by atoms with van der Waals surface area (Å²) in [6, 6.07) is 10.0. The van der Waals surface area contributed by atoms with Crippen molar-refractivity contribution in [3.8, 4) is 5.75 Å². The molecule has 4 heteroatoms. The smallest absolute Gasteiger partial charge is 0.119 e. The van der Waals surface area contributed by atoms with E-state index >= 15 is 0 Å². The topological polar surface area (TPSA) is 30.5 Å². The summed E-state index contributed by atoms with van der Waals surface area (Å²) in [5.41, 5.74) is 2.80. The van der Waals surface area contributed by atoms with E-state index in [1.165, 1.54) is 0 Å². The Kier molecular flexibility index (Phi) is 3.80. The quantitative estimate of drug-likeness (QED) is 0.859. The molecular formula is C15H18BrNO2. The molecule has 1 aromatic rings. The number of para-hydroxylation sites is 1. The molecule has 0 atom stereocenters. The van der Waals surface area contributed by atoms with E-state index in [1.54, 1.807) is 0 Å². The highest BCUT2D eigenvalue weighted by atomic mass is 79.9. The Hall–Kier alpha value is -1.00. The molecule has 19 heavy (non-hydrogen) atoms. The van der Waals surface area contributed by atoms with Gasteiger partial charge in [0.2, 0.25) is 0 Å². The van der Waals surface area contributed by atoms with Crippen molar-refractivity contribution < 1.29 is 9.57 Å². The third kappa shape index (κ3) is 3.12. The highest BCUT2D eigenvalue weighted by Crippen LogP contribution is 2.39. The predicted octanol–water partition coefficient (Wildman–Crippen LogP) is 3.77. The number of nitrogens with one attached hydrogen (secondary N) is 1. The standard InChI is InChI=1S/C15H18BrNO2/c16-14-10-15(19-17-14)8-6-12(7-9-15)11-18-13-4-2-1-3-5-13/h1-5,10,12,17H,6-9,11H2. The van der Waals surface area contributed by atoms with Crippen molar-refractivity contribution in [2.24, 2.45) is 5.92 Å². The summed E-state index contributed by atoms with van der Waals surface area (Å²) in [6.45, 7) is 0.804. The molecule has 0 saturated heterocycles. The maximum absolute atomic E-state index is 5.84. The minimum Gasteiger partial charge on any atom is -0.493 e. The van der Waals surface area contributed by atoms with Gasteiger partial charge in [-0.2, -0.15) is 0 Å². The number of ether oxygens (including phenoxy) is 1. The highest BCUT2D eigenvalue weighted by Gasteiger charge is 2.38. The predicted molar refractivity (Wildman–Crippen MR) is 77.9 cm³/mol. The van der Waals surface area contributed by atoms with Crippen LogP contribution in [0.4, 0.5) is 0 Å². The van der Waals surface area contributed by atoms with Crippen LogP contribution in [0.15, 0.2) is 41.0 Å². The summed E-state index contributed by atoms with van der Waals surface area (Å²) in [4.78, 5) is 5.67. The van der Waals surface area contributed by atoms with E-state index in [0.717, 1.165) is 42.6 Å². The maximum Gasteiger partial charge on any atom is 0.119 e. The molecule has 1 saturated carbocycles. The Morgan fingerprint density at radius 3 is 2.63 bits per heavy atom. The van der Waals surface area contributed by atoms with Gasteiger partial charge in [0.15, 0.2) is 0 Å². The Morgan fingerprint density at radius 2 is 2.00 bits per heavy atom. The summed E-state index contributed by atoms with van der Waals surface area (Å²) >= 11 is 3.43. The van der Waals surface area contributed by atoms with Crippen molar-refractivity contribution in [1.29, 1.82) is 0 Å². The van der Waals surface area contributed by atoms with Gasteiger partial charge in [-0.15, -0.1) is 0 Å². The molecule has 1 aromatic carbocycles. The van der Waals surface area contributed by atoms with Crippen LogP contribution in [-0.2, 0) is 4.84 Å². The van der Waals surface area contributed by atoms with Crippen LogP contribution >= 0.6 is 15.9 Å². The van der Waals surface area contributed by atoms with Gasteiger partial charge in [0, 0.05) is 0 Å². The van der Waals surface area contributed by atoms with E-state index in [4.69, 9.17) is 9.57 Å². The monoisotopic (exact) mass is 323 g/mol. The third-order valence-corrected chi connectivity index (χ3v) is 4.31. The van der Waals surface area contributed by atoms with Crippen LogP contribution in [0.25, 0.3) is 0 Å². The van der Waals surface area contributed by atoms with Gasteiger partial charge in [-0.05, 0) is 65.7 Å². The molecule has 0 amide bonds. The number of hydrogen-bond acceptors (Lipinski definition) is 3. The molecule has 1 N–H and O–H groups in total. The normalized spacial score (nSPS) is 29.9. The first-order valence-electron chi connectivity index (χ1n) is 6.76. The van der Waals surface area contributed by atoms with Crippen LogP contribution in [0.3, 0.4) is 0 Å². The van der Waals surface area contributed by atoms with Crippen molar-refractivity contribution in [2.45, 2.75) is 31.3 Å². The van der Waals surface area contributed by atoms with Gasteiger partial charge in [-0.1, -0.05) is 18.2 Å². The number of hydrogen-bond donors (Lipinski definition) is 1. The summed E-state index contributed by atoms with van der Waals surface area (Å²) < 4.78 is 6.79. The molecule has 1 aliphatic carbocycles. The molecule has 3 nitrogen and oxygen atoms in total. The molecule has 0 bridgehead atoms. The lowest BCUT2D eigenvalue weighted by Crippen LogP contribution is -2.35. The Bertz CT molecular complexity index is 452. The Morgan fingerprint density at radius 1 is 1.26 bits per heavy atom. The zero-order valence-electron chi connectivity index (χ0n) is 10.8. The van der Waals surface area contributed by atoms with E-state index < -0.39 is 0 Å². The zero-order valence-corrected chi connectivity index (χ0v) is 12.4. The molecule has 2 aliphatic rings. The number of rotatable bonds is 3. The van der Waals surface area contributed by atoms with E-state index in [-0.39, 0.29) is 5.60 Å². The maximum atomic E-state index is 5.84. The van der Waals surface area contributed by atoms with Crippen LogP contribution in [0, 0.1) is 5.92 Å². The van der Waals surface area contributed by atoms with Gasteiger partial charge in [0.25, 0.3) is 0 Å². The zero-order chi connectivity index (χ0) is 13.1. The number of halogens is 1. The lowest BCUT2D eigenvalue weighted by molar-refractivity contribution is -0.0686. The van der Waals surface area contributed by atoms with Gasteiger partial charge in [-0.3, -0.25) is 10.3 Å². The second-order valence-electron chi connectivity index (χ2n) is 5.33. The van der Waals surface area contributed by atoms with Crippen LogP contribution < -0.4 is 10.2 Å². The molecule has 0 unspecified atom stereocenters. The van der Waals surface area contributed by atoms with Crippen molar-refractivity contribution in [3.05, 3.63) is 41.0 Å². The first kappa shape index (κ1) is 13.0. The number of hydroxylamine groups is 1. The van der Waals surface area contributed by atoms with Crippen molar-refractivity contribution in [2.75, 3.05) is 6.61 Å². The first-order chi connectivity index (χ1) is 9.26. The van der Waals surface area contributed by atoms with Crippen LogP contribution in [-0.4, -0.2) is 12.2 Å². The summed E-state index contributed by atoms with van der Waals surface area (Å²) in [5.74, 6) is 1.59. The van der Waals surface area contributed by atoms with Gasteiger partial charge in [-0.25, -0.2) is 0 Å². The molecule has 1 aliphatic heterocycles. The molecule has 1 heterocycles. The first-order valence-corrected chi connectivity index (χ1v) is 7.55. The van der Waals surface area contributed by atoms with Crippen LogP contribution in [0.5, 0.6) is 5.75 Å². The third-order valence-electron chi connectivity index (χ3n) is 3.92.